The second-order valence-corrected chi connectivity index (χ2v) is 8.45. The van der Waals surface area contributed by atoms with Crippen LogP contribution in [-0.4, -0.2) is 48.1 Å². The molecule has 1 N–H and O–H groups in total. The number of anilines is 1. The largest absolute Gasteiger partial charge is 0.496 e. The van der Waals surface area contributed by atoms with Gasteiger partial charge >= 0.3 is 7.12 Å². The Labute approximate surface area is 151 Å². The summed E-state index contributed by atoms with van der Waals surface area (Å²) in [5.74, 6) is 1.57. The lowest BCUT2D eigenvalue weighted by Gasteiger charge is -2.33. The second kappa shape index (κ2) is 6.90. The molecule has 2 fully saturated rings. The highest BCUT2D eigenvalue weighted by Crippen LogP contribution is 2.36. The molecule has 1 aromatic heterocycles. The van der Waals surface area contributed by atoms with E-state index in [1.54, 1.807) is 0 Å². The van der Waals surface area contributed by atoms with Crippen LogP contribution in [0.3, 0.4) is 0 Å². The van der Waals surface area contributed by atoms with E-state index < -0.39 is 0 Å². The molecule has 0 amide bonds. The van der Waals surface area contributed by atoms with E-state index in [0.29, 0.717) is 5.92 Å². The van der Waals surface area contributed by atoms with E-state index in [1.807, 2.05) is 6.20 Å². The maximum absolute atomic E-state index is 9.20. The Kier molecular flexibility index (Phi) is 5.15. The standard InChI is InChI=1S/C19H31BN2O3/c1-14-11-17(22-9-6-7-15(13-22)8-10-23)21-12-16(14)20-24-18(2,3)19(4,5)25-20/h11-12,15,23H,6-10,13H2,1-5H3/t15-/m0/s1. The van der Waals surface area contributed by atoms with Gasteiger partial charge in [-0.25, -0.2) is 4.98 Å². The quantitative estimate of drug-likeness (QED) is 0.848. The Morgan fingerprint density at radius 2 is 1.96 bits per heavy atom. The van der Waals surface area contributed by atoms with Gasteiger partial charge in [0.25, 0.3) is 0 Å². The Morgan fingerprint density at radius 3 is 2.56 bits per heavy atom. The Bertz CT molecular complexity index is 603. The van der Waals surface area contributed by atoms with Crippen molar-refractivity contribution < 1.29 is 14.4 Å². The van der Waals surface area contributed by atoms with E-state index in [2.05, 4.69) is 45.6 Å². The molecule has 2 saturated heterocycles. The van der Waals surface area contributed by atoms with Crippen molar-refractivity contribution in [3.63, 3.8) is 0 Å². The summed E-state index contributed by atoms with van der Waals surface area (Å²) in [5, 5.41) is 9.20. The third kappa shape index (κ3) is 3.71. The van der Waals surface area contributed by atoms with Crippen LogP contribution in [0, 0.1) is 12.8 Å². The molecule has 6 heteroatoms. The van der Waals surface area contributed by atoms with E-state index in [1.165, 1.54) is 6.42 Å². The van der Waals surface area contributed by atoms with Crippen molar-refractivity contribution in [3.05, 3.63) is 17.8 Å². The molecular weight excluding hydrogens is 315 g/mol. The van der Waals surface area contributed by atoms with Crippen molar-refractivity contribution in [1.82, 2.24) is 4.98 Å². The van der Waals surface area contributed by atoms with Crippen LogP contribution in [-0.2, 0) is 9.31 Å². The topological polar surface area (TPSA) is 54.8 Å². The van der Waals surface area contributed by atoms with Gasteiger partial charge in [-0.3, -0.25) is 0 Å². The summed E-state index contributed by atoms with van der Waals surface area (Å²) < 4.78 is 12.3. The van der Waals surface area contributed by atoms with E-state index in [-0.39, 0.29) is 24.9 Å². The zero-order valence-corrected chi connectivity index (χ0v) is 16.2. The molecule has 0 aromatic carbocycles. The summed E-state index contributed by atoms with van der Waals surface area (Å²) in [6.45, 7) is 12.6. The molecule has 0 spiro atoms. The van der Waals surface area contributed by atoms with E-state index in [9.17, 15) is 5.11 Å². The highest BCUT2D eigenvalue weighted by Gasteiger charge is 2.52. The Balaban J connectivity index is 1.76. The zero-order chi connectivity index (χ0) is 18.2. The molecule has 1 atom stereocenters. The number of aliphatic hydroxyl groups is 1. The molecule has 2 aliphatic heterocycles. The van der Waals surface area contributed by atoms with E-state index in [0.717, 1.165) is 42.8 Å². The van der Waals surface area contributed by atoms with Gasteiger partial charge < -0.3 is 19.3 Å². The van der Waals surface area contributed by atoms with Crippen molar-refractivity contribution in [1.29, 1.82) is 0 Å². The van der Waals surface area contributed by atoms with Crippen molar-refractivity contribution in [2.75, 3.05) is 24.6 Å². The molecule has 0 saturated carbocycles. The predicted octanol–water partition coefficient (Wildman–Crippen LogP) is 2.29. The smallest absolute Gasteiger partial charge is 0.399 e. The maximum atomic E-state index is 9.20. The number of hydrogen-bond donors (Lipinski definition) is 1. The van der Waals surface area contributed by atoms with E-state index >= 15 is 0 Å². The molecule has 3 heterocycles. The minimum atomic E-state index is -0.366. The molecule has 3 rings (SSSR count). The first-order chi connectivity index (χ1) is 11.7. The summed E-state index contributed by atoms with van der Waals surface area (Å²) in [5.41, 5.74) is 1.47. The van der Waals surface area contributed by atoms with Gasteiger partial charge in [0.1, 0.15) is 5.82 Å². The molecule has 138 valence electrons. The fourth-order valence-electron chi connectivity index (χ4n) is 3.63. The van der Waals surface area contributed by atoms with Gasteiger partial charge in [-0.2, -0.15) is 0 Å². The van der Waals surface area contributed by atoms with Crippen molar-refractivity contribution in [2.24, 2.45) is 5.92 Å². The fraction of sp³-hybridized carbons (Fsp3) is 0.737. The van der Waals surface area contributed by atoms with Gasteiger partial charge in [-0.15, -0.1) is 0 Å². The third-order valence-electron chi connectivity index (χ3n) is 6.02. The van der Waals surface area contributed by atoms with Gasteiger partial charge in [0, 0.05) is 31.4 Å². The first kappa shape index (κ1) is 18.7. The van der Waals surface area contributed by atoms with Crippen molar-refractivity contribution in [2.45, 2.75) is 65.1 Å². The molecule has 2 aliphatic rings. The van der Waals surface area contributed by atoms with Crippen LogP contribution in [0.25, 0.3) is 0 Å². The van der Waals surface area contributed by atoms with Crippen LogP contribution in [0.1, 0.15) is 52.5 Å². The average Bonchev–Trinajstić information content (AvgIpc) is 2.75. The van der Waals surface area contributed by atoms with Gasteiger partial charge in [0.15, 0.2) is 0 Å². The molecule has 0 radical (unpaired) electrons. The number of aryl methyl sites for hydroxylation is 1. The van der Waals surface area contributed by atoms with Gasteiger partial charge in [-0.1, -0.05) is 0 Å². The number of piperidine rings is 1. The minimum absolute atomic E-state index is 0.270. The molecule has 0 unspecified atom stereocenters. The first-order valence-electron chi connectivity index (χ1n) is 9.41. The van der Waals surface area contributed by atoms with Crippen LogP contribution >= 0.6 is 0 Å². The lowest BCUT2D eigenvalue weighted by atomic mass is 9.77. The van der Waals surface area contributed by atoms with Gasteiger partial charge in [0.05, 0.1) is 11.2 Å². The SMILES string of the molecule is Cc1cc(N2CCC[C@@H](CCO)C2)ncc1B1OC(C)(C)C(C)(C)O1. The highest BCUT2D eigenvalue weighted by molar-refractivity contribution is 6.62. The highest BCUT2D eigenvalue weighted by atomic mass is 16.7. The summed E-state index contributed by atoms with van der Waals surface area (Å²) in [6, 6.07) is 2.14. The van der Waals surface area contributed by atoms with Gasteiger partial charge in [0.2, 0.25) is 0 Å². The summed E-state index contributed by atoms with van der Waals surface area (Å²) >= 11 is 0. The Morgan fingerprint density at radius 1 is 1.28 bits per heavy atom. The van der Waals surface area contributed by atoms with E-state index in [4.69, 9.17) is 14.3 Å². The molecule has 0 aliphatic carbocycles. The molecule has 25 heavy (non-hydrogen) atoms. The maximum Gasteiger partial charge on any atom is 0.496 e. The number of rotatable bonds is 4. The van der Waals surface area contributed by atoms with Crippen LogP contribution in [0.4, 0.5) is 5.82 Å². The molecule has 0 bridgehead atoms. The average molecular weight is 346 g/mol. The fourth-order valence-corrected chi connectivity index (χ4v) is 3.63. The normalized spacial score (nSPS) is 25.4. The predicted molar refractivity (Wildman–Crippen MR) is 101 cm³/mol. The monoisotopic (exact) mass is 346 g/mol. The van der Waals surface area contributed by atoms with Crippen LogP contribution in [0.2, 0.25) is 0 Å². The van der Waals surface area contributed by atoms with Crippen molar-refractivity contribution in [3.8, 4) is 0 Å². The summed E-state index contributed by atoms with van der Waals surface area (Å²) in [7, 11) is -0.366. The third-order valence-corrected chi connectivity index (χ3v) is 6.02. The van der Waals surface area contributed by atoms with Gasteiger partial charge in [-0.05, 0) is 71.4 Å². The first-order valence-corrected chi connectivity index (χ1v) is 9.41. The van der Waals surface area contributed by atoms with Crippen LogP contribution in [0.15, 0.2) is 12.3 Å². The number of aromatic nitrogens is 1. The van der Waals surface area contributed by atoms with Crippen LogP contribution < -0.4 is 10.4 Å². The number of hydrogen-bond acceptors (Lipinski definition) is 5. The lowest BCUT2D eigenvalue weighted by molar-refractivity contribution is 0.00578. The van der Waals surface area contributed by atoms with Crippen LogP contribution in [0.5, 0.6) is 0 Å². The number of aliphatic hydroxyl groups excluding tert-OH is 1. The molecule has 1 aromatic rings. The lowest BCUT2D eigenvalue weighted by Crippen LogP contribution is -2.41. The zero-order valence-electron chi connectivity index (χ0n) is 16.2. The number of pyridine rings is 1. The molecular formula is C19H31BN2O3. The molecule has 5 nitrogen and oxygen atoms in total. The Hall–Kier alpha value is -1.11. The minimum Gasteiger partial charge on any atom is -0.399 e. The second-order valence-electron chi connectivity index (χ2n) is 8.45. The summed E-state index contributed by atoms with van der Waals surface area (Å²) in [6.07, 6.45) is 5.14. The van der Waals surface area contributed by atoms with Crippen molar-refractivity contribution >= 4 is 18.4 Å². The number of nitrogens with zero attached hydrogens (tertiary/aromatic N) is 2. The summed E-state index contributed by atoms with van der Waals surface area (Å²) in [4.78, 5) is 7.04.